The van der Waals surface area contributed by atoms with Crippen LogP contribution in [0.5, 0.6) is 0 Å². The highest BCUT2D eigenvalue weighted by molar-refractivity contribution is 6.38. The Labute approximate surface area is 104 Å². The van der Waals surface area contributed by atoms with Crippen LogP contribution in [-0.4, -0.2) is 58.2 Å². The monoisotopic (exact) mass is 256 g/mol. The molecule has 0 aromatic rings. The first-order chi connectivity index (χ1) is 8.38. The van der Waals surface area contributed by atoms with Crippen LogP contribution >= 0.6 is 0 Å². The standard InChI is InChI=1S/C11H16N2O5/c1-3-12-4-5-13(10(16)9(12)15)8(14)6-7(2)11(17)18/h7H,3-6H2,1-2H3,(H,17,18)/t7-/m0/s1. The van der Waals surface area contributed by atoms with Crippen molar-refractivity contribution in [2.45, 2.75) is 20.3 Å². The van der Waals surface area contributed by atoms with Gasteiger partial charge in [-0.1, -0.05) is 6.92 Å². The molecule has 0 radical (unpaired) electrons. The van der Waals surface area contributed by atoms with Crippen LogP contribution in [0, 0.1) is 5.92 Å². The molecule has 1 aliphatic rings. The highest BCUT2D eigenvalue weighted by Gasteiger charge is 2.35. The number of carboxylic acid groups (broad SMARTS) is 1. The molecule has 1 atom stereocenters. The zero-order valence-electron chi connectivity index (χ0n) is 10.4. The third-order valence-electron chi connectivity index (χ3n) is 2.89. The van der Waals surface area contributed by atoms with Crippen LogP contribution in [0.25, 0.3) is 0 Å². The molecule has 0 unspecified atom stereocenters. The van der Waals surface area contributed by atoms with Crippen molar-refractivity contribution in [2.75, 3.05) is 19.6 Å². The first kappa shape index (κ1) is 14.1. The van der Waals surface area contributed by atoms with Gasteiger partial charge < -0.3 is 10.0 Å². The van der Waals surface area contributed by atoms with Crippen LogP contribution in [0.15, 0.2) is 0 Å². The number of rotatable bonds is 4. The topological polar surface area (TPSA) is 95.0 Å². The summed E-state index contributed by atoms with van der Waals surface area (Å²) in [6.45, 7) is 3.97. The number of nitrogens with zero attached hydrogens (tertiary/aromatic N) is 2. The Bertz CT molecular complexity index is 393. The molecule has 18 heavy (non-hydrogen) atoms. The van der Waals surface area contributed by atoms with Crippen LogP contribution in [0.2, 0.25) is 0 Å². The summed E-state index contributed by atoms with van der Waals surface area (Å²) in [4.78, 5) is 47.8. The Balaban J connectivity index is 2.68. The molecule has 0 saturated carbocycles. The second kappa shape index (κ2) is 5.61. The van der Waals surface area contributed by atoms with Gasteiger partial charge in [-0.3, -0.25) is 24.1 Å². The van der Waals surface area contributed by atoms with Crippen LogP contribution in [0.4, 0.5) is 0 Å². The molecule has 1 saturated heterocycles. The van der Waals surface area contributed by atoms with Crippen molar-refractivity contribution in [3.63, 3.8) is 0 Å². The van der Waals surface area contributed by atoms with Crippen LogP contribution in [0.3, 0.4) is 0 Å². The second-order valence-corrected chi connectivity index (χ2v) is 4.18. The Morgan fingerprint density at radius 2 is 1.89 bits per heavy atom. The molecule has 1 aliphatic heterocycles. The van der Waals surface area contributed by atoms with E-state index in [-0.39, 0.29) is 13.0 Å². The average molecular weight is 256 g/mol. The molecule has 1 heterocycles. The minimum absolute atomic E-state index is 0.129. The largest absolute Gasteiger partial charge is 0.481 e. The lowest BCUT2D eigenvalue weighted by Gasteiger charge is -2.32. The van der Waals surface area contributed by atoms with Crippen LogP contribution in [0.1, 0.15) is 20.3 Å². The van der Waals surface area contributed by atoms with Gasteiger partial charge in [-0.2, -0.15) is 0 Å². The lowest BCUT2D eigenvalue weighted by Crippen LogP contribution is -2.56. The van der Waals surface area contributed by atoms with Gasteiger partial charge in [0.05, 0.1) is 5.92 Å². The fraction of sp³-hybridized carbons (Fsp3) is 0.636. The molecule has 3 amide bonds. The maximum atomic E-state index is 11.7. The minimum atomic E-state index is -1.10. The van der Waals surface area contributed by atoms with Gasteiger partial charge in [0.1, 0.15) is 0 Å². The molecule has 1 fully saturated rings. The van der Waals surface area contributed by atoms with Crippen molar-refractivity contribution in [2.24, 2.45) is 5.92 Å². The van der Waals surface area contributed by atoms with E-state index in [2.05, 4.69) is 0 Å². The van der Waals surface area contributed by atoms with E-state index in [1.54, 1.807) is 6.92 Å². The van der Waals surface area contributed by atoms with E-state index in [1.165, 1.54) is 11.8 Å². The molecule has 7 heteroatoms. The molecule has 0 spiro atoms. The molecule has 0 aliphatic carbocycles. The number of carbonyl (C=O) groups is 4. The quantitative estimate of drug-likeness (QED) is 0.672. The van der Waals surface area contributed by atoms with Gasteiger partial charge in [-0.05, 0) is 6.92 Å². The molecule has 0 aromatic heterocycles. The summed E-state index contributed by atoms with van der Waals surface area (Å²) in [5.41, 5.74) is 0. The molecule has 0 aromatic carbocycles. The smallest absolute Gasteiger partial charge is 0.318 e. The van der Waals surface area contributed by atoms with Gasteiger partial charge in [0.15, 0.2) is 0 Å². The van der Waals surface area contributed by atoms with Crippen molar-refractivity contribution in [3.05, 3.63) is 0 Å². The first-order valence-corrected chi connectivity index (χ1v) is 5.74. The summed E-state index contributed by atoms with van der Waals surface area (Å²) in [6.07, 6.45) is -0.277. The zero-order valence-corrected chi connectivity index (χ0v) is 10.4. The summed E-state index contributed by atoms with van der Waals surface area (Å²) in [7, 11) is 0. The maximum absolute atomic E-state index is 11.7. The number of imide groups is 1. The van der Waals surface area contributed by atoms with Crippen LogP contribution in [-0.2, 0) is 19.2 Å². The van der Waals surface area contributed by atoms with E-state index in [1.807, 2.05) is 0 Å². The van der Waals surface area contributed by atoms with Gasteiger partial charge in [0.25, 0.3) is 0 Å². The fourth-order valence-electron chi connectivity index (χ4n) is 1.67. The zero-order chi connectivity index (χ0) is 13.9. The summed E-state index contributed by atoms with van der Waals surface area (Å²) < 4.78 is 0. The number of carbonyl (C=O) groups excluding carboxylic acids is 3. The van der Waals surface area contributed by atoms with E-state index in [4.69, 9.17) is 5.11 Å². The van der Waals surface area contributed by atoms with Crippen molar-refractivity contribution in [1.82, 2.24) is 9.80 Å². The average Bonchev–Trinajstić information content (AvgIpc) is 2.32. The van der Waals surface area contributed by atoms with Crippen molar-refractivity contribution in [3.8, 4) is 0 Å². The van der Waals surface area contributed by atoms with E-state index >= 15 is 0 Å². The maximum Gasteiger partial charge on any atom is 0.318 e. The van der Waals surface area contributed by atoms with Gasteiger partial charge in [-0.25, -0.2) is 0 Å². The molecule has 1 N–H and O–H groups in total. The number of aliphatic carboxylic acids is 1. The number of carboxylic acids is 1. The van der Waals surface area contributed by atoms with E-state index in [0.717, 1.165) is 4.90 Å². The lowest BCUT2D eigenvalue weighted by molar-refractivity contribution is -0.162. The third-order valence-corrected chi connectivity index (χ3v) is 2.89. The summed E-state index contributed by atoms with van der Waals surface area (Å²) in [6, 6.07) is 0. The van der Waals surface area contributed by atoms with E-state index < -0.39 is 29.6 Å². The predicted molar refractivity (Wildman–Crippen MR) is 60.4 cm³/mol. The normalized spacial score (nSPS) is 17.9. The lowest BCUT2D eigenvalue weighted by atomic mass is 10.1. The van der Waals surface area contributed by atoms with Crippen molar-refractivity contribution < 1.29 is 24.3 Å². The van der Waals surface area contributed by atoms with E-state index in [0.29, 0.717) is 13.1 Å². The SMILES string of the molecule is CCN1CCN(C(=O)C[C@H](C)C(=O)O)C(=O)C1=O. The van der Waals surface area contributed by atoms with Crippen molar-refractivity contribution in [1.29, 1.82) is 0 Å². The highest BCUT2D eigenvalue weighted by atomic mass is 16.4. The third kappa shape index (κ3) is 2.85. The summed E-state index contributed by atoms with van der Waals surface area (Å²) in [5, 5.41) is 8.70. The molecular weight excluding hydrogens is 240 g/mol. The fourth-order valence-corrected chi connectivity index (χ4v) is 1.67. The molecule has 100 valence electrons. The summed E-state index contributed by atoms with van der Waals surface area (Å²) >= 11 is 0. The molecule has 1 rings (SSSR count). The Morgan fingerprint density at radius 3 is 2.39 bits per heavy atom. The van der Waals surface area contributed by atoms with E-state index in [9.17, 15) is 19.2 Å². The highest BCUT2D eigenvalue weighted by Crippen LogP contribution is 2.10. The Hall–Kier alpha value is -1.92. The van der Waals surface area contributed by atoms with Crippen LogP contribution < -0.4 is 0 Å². The molecule has 7 nitrogen and oxygen atoms in total. The predicted octanol–water partition coefficient (Wildman–Crippen LogP) is -0.685. The number of likely N-dealkylation sites (N-methyl/N-ethyl adjacent to an activating group) is 1. The second-order valence-electron chi connectivity index (χ2n) is 4.18. The Kier molecular flexibility index (Phi) is 4.41. The van der Waals surface area contributed by atoms with Gasteiger partial charge >= 0.3 is 17.8 Å². The van der Waals surface area contributed by atoms with Crippen molar-refractivity contribution >= 4 is 23.7 Å². The number of amides is 3. The van der Waals surface area contributed by atoms with Gasteiger partial charge in [0.2, 0.25) is 5.91 Å². The minimum Gasteiger partial charge on any atom is -0.481 e. The Morgan fingerprint density at radius 1 is 1.28 bits per heavy atom. The molecular formula is C11H16N2O5. The van der Waals surface area contributed by atoms with Gasteiger partial charge in [0, 0.05) is 26.1 Å². The number of piperazine rings is 1. The molecule has 0 bridgehead atoms. The summed E-state index contributed by atoms with van der Waals surface area (Å²) in [5.74, 6) is -4.16. The first-order valence-electron chi connectivity index (χ1n) is 5.74. The number of hydrogen-bond acceptors (Lipinski definition) is 4. The number of hydrogen-bond donors (Lipinski definition) is 1. The van der Waals surface area contributed by atoms with Gasteiger partial charge in [-0.15, -0.1) is 0 Å².